The van der Waals surface area contributed by atoms with E-state index in [0.29, 0.717) is 19.0 Å². The van der Waals surface area contributed by atoms with Gasteiger partial charge in [0, 0.05) is 25.4 Å². The highest BCUT2D eigenvalue weighted by Gasteiger charge is 2.13. The minimum absolute atomic E-state index is 0.142. The van der Waals surface area contributed by atoms with Gasteiger partial charge in [-0.3, -0.25) is 9.59 Å². The van der Waals surface area contributed by atoms with Gasteiger partial charge in [-0.05, 0) is 38.6 Å². The smallest absolute Gasteiger partial charge is 0.303 e. The van der Waals surface area contributed by atoms with E-state index in [4.69, 9.17) is 5.11 Å². The van der Waals surface area contributed by atoms with Gasteiger partial charge in [0.15, 0.2) is 0 Å². The van der Waals surface area contributed by atoms with E-state index in [0.717, 1.165) is 38.6 Å². The minimum atomic E-state index is -0.727. The monoisotopic (exact) mass is 284 g/mol. The molecule has 0 radical (unpaired) electrons. The fourth-order valence-corrected chi connectivity index (χ4v) is 2.55. The van der Waals surface area contributed by atoms with Crippen molar-refractivity contribution in [3.63, 3.8) is 0 Å². The molecular formula is C15H28N2O3. The first-order valence-corrected chi connectivity index (χ1v) is 7.90. The predicted octanol–water partition coefficient (Wildman–Crippen LogP) is 2.06. The van der Waals surface area contributed by atoms with Crippen LogP contribution in [0.3, 0.4) is 0 Å². The zero-order valence-corrected chi connectivity index (χ0v) is 12.3. The number of carboxylic acids is 1. The summed E-state index contributed by atoms with van der Waals surface area (Å²) in [6.45, 7) is 1.80. The maximum Gasteiger partial charge on any atom is 0.303 e. The van der Waals surface area contributed by atoms with Crippen LogP contribution in [0.4, 0.5) is 0 Å². The lowest BCUT2D eigenvalue weighted by molar-refractivity contribution is -0.137. The van der Waals surface area contributed by atoms with Crippen LogP contribution in [0.25, 0.3) is 0 Å². The highest BCUT2D eigenvalue weighted by Crippen LogP contribution is 2.11. The number of rotatable bonds is 10. The molecule has 0 aromatic heterocycles. The van der Waals surface area contributed by atoms with Crippen LogP contribution in [-0.2, 0) is 9.59 Å². The summed E-state index contributed by atoms with van der Waals surface area (Å²) in [7, 11) is 0. The largest absolute Gasteiger partial charge is 0.481 e. The van der Waals surface area contributed by atoms with E-state index < -0.39 is 5.97 Å². The van der Waals surface area contributed by atoms with Crippen molar-refractivity contribution in [2.45, 2.75) is 70.3 Å². The molecule has 5 heteroatoms. The molecule has 0 aliphatic carbocycles. The minimum Gasteiger partial charge on any atom is -0.481 e. The van der Waals surface area contributed by atoms with Crippen molar-refractivity contribution in [3.8, 4) is 0 Å². The van der Waals surface area contributed by atoms with Gasteiger partial charge in [-0.1, -0.05) is 19.3 Å². The fourth-order valence-electron chi connectivity index (χ4n) is 2.55. The van der Waals surface area contributed by atoms with Crippen molar-refractivity contribution in [1.82, 2.24) is 10.6 Å². The highest BCUT2D eigenvalue weighted by molar-refractivity contribution is 5.75. The van der Waals surface area contributed by atoms with Crippen molar-refractivity contribution < 1.29 is 14.7 Å². The molecule has 1 heterocycles. The molecule has 0 spiro atoms. The van der Waals surface area contributed by atoms with Crippen LogP contribution in [0, 0.1) is 0 Å². The number of aliphatic carboxylic acids is 1. The van der Waals surface area contributed by atoms with Gasteiger partial charge < -0.3 is 15.7 Å². The molecule has 0 bridgehead atoms. The van der Waals surface area contributed by atoms with Crippen molar-refractivity contribution >= 4 is 11.9 Å². The Balaban J connectivity index is 1.88. The van der Waals surface area contributed by atoms with Gasteiger partial charge in [-0.15, -0.1) is 0 Å². The number of carbonyl (C=O) groups excluding carboxylic acids is 1. The van der Waals surface area contributed by atoms with E-state index in [1.807, 2.05) is 0 Å². The maximum absolute atomic E-state index is 11.6. The number of hydrogen-bond acceptors (Lipinski definition) is 3. The van der Waals surface area contributed by atoms with Crippen LogP contribution in [-0.4, -0.2) is 36.1 Å². The van der Waals surface area contributed by atoms with Crippen LogP contribution in [0.2, 0.25) is 0 Å². The normalized spacial score (nSPS) is 18.7. The summed E-state index contributed by atoms with van der Waals surface area (Å²) >= 11 is 0. The second-order valence-electron chi connectivity index (χ2n) is 5.59. The Hall–Kier alpha value is -1.10. The van der Waals surface area contributed by atoms with Crippen molar-refractivity contribution in [1.29, 1.82) is 0 Å². The molecular weight excluding hydrogens is 256 g/mol. The summed E-state index contributed by atoms with van der Waals surface area (Å²) in [5.74, 6) is -0.586. The predicted molar refractivity (Wildman–Crippen MR) is 78.6 cm³/mol. The molecule has 20 heavy (non-hydrogen) atoms. The number of piperidine rings is 1. The Kier molecular flexibility index (Phi) is 9.04. The van der Waals surface area contributed by atoms with Gasteiger partial charge in [0.1, 0.15) is 0 Å². The third kappa shape index (κ3) is 8.91. The van der Waals surface area contributed by atoms with E-state index in [1.165, 1.54) is 19.3 Å². The quantitative estimate of drug-likeness (QED) is 0.537. The Morgan fingerprint density at radius 2 is 1.90 bits per heavy atom. The highest BCUT2D eigenvalue weighted by atomic mass is 16.4. The van der Waals surface area contributed by atoms with E-state index in [1.54, 1.807) is 0 Å². The van der Waals surface area contributed by atoms with Gasteiger partial charge in [0.25, 0.3) is 0 Å². The summed E-state index contributed by atoms with van der Waals surface area (Å²) in [6, 6.07) is 0.519. The standard InChI is InChI=1S/C15H28N2O3/c18-14(10-9-13-7-4-6-11-16-13)17-12-5-2-1-3-8-15(19)20/h13,16H,1-12H2,(H,17,18)(H,19,20). The van der Waals surface area contributed by atoms with Gasteiger partial charge in [0.05, 0.1) is 0 Å². The molecule has 0 aromatic carbocycles. The first-order chi connectivity index (χ1) is 9.68. The van der Waals surface area contributed by atoms with E-state index >= 15 is 0 Å². The molecule has 1 aliphatic rings. The molecule has 5 nitrogen and oxygen atoms in total. The lowest BCUT2D eigenvalue weighted by Crippen LogP contribution is -2.35. The van der Waals surface area contributed by atoms with Crippen LogP contribution in [0.1, 0.15) is 64.2 Å². The summed E-state index contributed by atoms with van der Waals surface area (Å²) in [5, 5.41) is 14.9. The van der Waals surface area contributed by atoms with Crippen LogP contribution >= 0.6 is 0 Å². The summed E-state index contributed by atoms with van der Waals surface area (Å²) in [5.41, 5.74) is 0. The zero-order valence-electron chi connectivity index (χ0n) is 12.3. The second-order valence-corrected chi connectivity index (χ2v) is 5.59. The number of carbonyl (C=O) groups is 2. The summed E-state index contributed by atoms with van der Waals surface area (Å²) in [4.78, 5) is 22.0. The van der Waals surface area contributed by atoms with Gasteiger partial charge >= 0.3 is 5.97 Å². The third-order valence-electron chi connectivity index (χ3n) is 3.77. The number of carboxylic acid groups (broad SMARTS) is 1. The van der Waals surface area contributed by atoms with Crippen molar-refractivity contribution in [3.05, 3.63) is 0 Å². The molecule has 0 saturated carbocycles. The molecule has 1 saturated heterocycles. The average Bonchev–Trinajstić information content (AvgIpc) is 2.45. The van der Waals surface area contributed by atoms with Gasteiger partial charge in [0.2, 0.25) is 5.91 Å². The number of hydrogen-bond donors (Lipinski definition) is 3. The average molecular weight is 284 g/mol. The van der Waals surface area contributed by atoms with E-state index in [-0.39, 0.29) is 12.3 Å². The van der Waals surface area contributed by atoms with Gasteiger partial charge in [-0.2, -0.15) is 0 Å². The zero-order chi connectivity index (χ0) is 14.6. The molecule has 1 fully saturated rings. The van der Waals surface area contributed by atoms with Crippen molar-refractivity contribution in [2.24, 2.45) is 0 Å². The SMILES string of the molecule is O=C(O)CCCCCCNC(=O)CCC1CCCCN1. The Labute approximate surface area is 121 Å². The van der Waals surface area contributed by atoms with Crippen LogP contribution < -0.4 is 10.6 Å². The lowest BCUT2D eigenvalue weighted by atomic mass is 10.0. The Morgan fingerprint density at radius 1 is 1.10 bits per heavy atom. The molecule has 3 N–H and O–H groups in total. The fraction of sp³-hybridized carbons (Fsp3) is 0.867. The first kappa shape index (κ1) is 17.0. The lowest BCUT2D eigenvalue weighted by Gasteiger charge is -2.23. The number of nitrogens with one attached hydrogen (secondary N) is 2. The molecule has 1 amide bonds. The molecule has 1 unspecified atom stereocenters. The van der Waals surface area contributed by atoms with Crippen molar-refractivity contribution in [2.75, 3.05) is 13.1 Å². The number of unbranched alkanes of at least 4 members (excludes halogenated alkanes) is 3. The molecule has 1 aliphatic heterocycles. The van der Waals surface area contributed by atoms with Crippen LogP contribution in [0.15, 0.2) is 0 Å². The Bertz CT molecular complexity index is 289. The second kappa shape index (κ2) is 10.7. The number of amides is 1. The summed E-state index contributed by atoms with van der Waals surface area (Å²) in [6.07, 6.45) is 9.09. The summed E-state index contributed by atoms with van der Waals surface area (Å²) < 4.78 is 0. The van der Waals surface area contributed by atoms with Crippen LogP contribution in [0.5, 0.6) is 0 Å². The van der Waals surface area contributed by atoms with Gasteiger partial charge in [-0.25, -0.2) is 0 Å². The maximum atomic E-state index is 11.6. The van der Waals surface area contributed by atoms with E-state index in [2.05, 4.69) is 10.6 Å². The third-order valence-corrected chi connectivity index (χ3v) is 3.77. The molecule has 0 aromatic rings. The Morgan fingerprint density at radius 3 is 2.60 bits per heavy atom. The topological polar surface area (TPSA) is 78.4 Å². The molecule has 1 atom stereocenters. The molecule has 1 rings (SSSR count). The first-order valence-electron chi connectivity index (χ1n) is 7.90. The molecule has 116 valence electrons. The van der Waals surface area contributed by atoms with E-state index in [9.17, 15) is 9.59 Å².